The number of aromatic carboxylic acids is 1. The van der Waals surface area contributed by atoms with Gasteiger partial charge in [-0.15, -0.1) is 0 Å². The number of nitrogen functional groups attached to an aromatic ring is 1. The molecule has 132 valence electrons. The molecule has 0 atom stereocenters. The molecular weight excluding hydrogens is 336 g/mol. The average molecular weight is 358 g/mol. The number of hydrogen-bond donors (Lipinski definition) is 2. The normalized spacial score (nSPS) is 12.1. The first-order valence-corrected chi connectivity index (χ1v) is 11.8. The van der Waals surface area contributed by atoms with E-state index in [2.05, 4.69) is 29.7 Å². The van der Waals surface area contributed by atoms with Gasteiger partial charge in [0.1, 0.15) is 18.1 Å². The van der Waals surface area contributed by atoms with Crippen molar-refractivity contribution in [1.29, 1.82) is 0 Å². The number of aromatic nitrogens is 3. The van der Waals surface area contributed by atoms with Crippen LogP contribution in [0.3, 0.4) is 0 Å². The van der Waals surface area contributed by atoms with Gasteiger partial charge in [0.15, 0.2) is 0 Å². The maximum Gasteiger partial charge on any atom is 0.335 e. The van der Waals surface area contributed by atoms with Gasteiger partial charge >= 0.3 is 5.97 Å². The summed E-state index contributed by atoms with van der Waals surface area (Å²) in [5, 5.41) is 15.1. The lowest BCUT2D eigenvalue weighted by molar-refractivity contribution is 0.0697. The van der Waals surface area contributed by atoms with Gasteiger partial charge in [0.25, 0.3) is 0 Å². The average Bonchev–Trinajstić information content (AvgIpc) is 2.95. The van der Waals surface area contributed by atoms with Crippen molar-refractivity contribution in [2.75, 3.05) is 12.3 Å². The number of rotatable bonds is 6. The van der Waals surface area contributed by atoms with E-state index in [0.29, 0.717) is 41.0 Å². The van der Waals surface area contributed by atoms with Crippen LogP contribution in [0.5, 0.6) is 0 Å². The number of pyridine rings is 1. The molecule has 25 heavy (non-hydrogen) atoms. The molecule has 3 aromatic rings. The number of carboxylic acids is 1. The molecule has 7 nitrogen and oxygen atoms in total. The Hall–Kier alpha value is -2.45. The predicted octanol–water partition coefficient (Wildman–Crippen LogP) is 3.18. The summed E-state index contributed by atoms with van der Waals surface area (Å²) >= 11 is 0. The molecule has 1 aromatic carbocycles. The molecule has 0 radical (unpaired) electrons. The highest BCUT2D eigenvalue weighted by atomic mass is 28.3. The molecule has 3 rings (SSSR count). The number of fused-ring (bicyclic) bond motifs is 3. The quantitative estimate of drug-likeness (QED) is 0.518. The molecule has 8 heteroatoms. The highest BCUT2D eigenvalue weighted by molar-refractivity contribution is 6.76. The Morgan fingerprint density at radius 3 is 2.76 bits per heavy atom. The van der Waals surface area contributed by atoms with Crippen molar-refractivity contribution in [3.63, 3.8) is 0 Å². The summed E-state index contributed by atoms with van der Waals surface area (Å²) < 4.78 is 7.40. The zero-order chi connectivity index (χ0) is 18.2. The molecule has 0 aliphatic rings. The van der Waals surface area contributed by atoms with Gasteiger partial charge in [-0.25, -0.2) is 14.5 Å². The van der Waals surface area contributed by atoms with Crippen LogP contribution in [0.1, 0.15) is 10.4 Å². The fourth-order valence-corrected chi connectivity index (χ4v) is 3.31. The first kappa shape index (κ1) is 17.4. The summed E-state index contributed by atoms with van der Waals surface area (Å²) in [4.78, 5) is 15.6. The minimum absolute atomic E-state index is 0.196. The van der Waals surface area contributed by atoms with E-state index in [1.54, 1.807) is 23.0 Å². The van der Waals surface area contributed by atoms with Crippen molar-refractivity contribution in [2.24, 2.45) is 0 Å². The fourth-order valence-electron chi connectivity index (χ4n) is 2.56. The number of carbonyl (C=O) groups is 1. The molecule has 0 bridgehead atoms. The van der Waals surface area contributed by atoms with Crippen molar-refractivity contribution in [1.82, 2.24) is 14.8 Å². The highest BCUT2D eigenvalue weighted by Crippen LogP contribution is 2.27. The van der Waals surface area contributed by atoms with E-state index in [-0.39, 0.29) is 5.56 Å². The Morgan fingerprint density at radius 1 is 1.32 bits per heavy atom. The maximum absolute atomic E-state index is 11.2. The lowest BCUT2D eigenvalue weighted by Gasteiger charge is -2.15. The van der Waals surface area contributed by atoms with Gasteiger partial charge in [-0.1, -0.05) is 19.6 Å². The summed E-state index contributed by atoms with van der Waals surface area (Å²) in [5.74, 6) is -0.611. The van der Waals surface area contributed by atoms with Crippen molar-refractivity contribution < 1.29 is 14.6 Å². The third kappa shape index (κ3) is 3.80. The Kier molecular flexibility index (Phi) is 4.48. The molecule has 0 fully saturated rings. The number of nitrogens with zero attached hydrogens (tertiary/aromatic N) is 3. The standard InChI is InChI=1S/C17H22N4O3Si/c1-25(2,3)7-6-24-10-21-9-13-15(20-21)12-8-11(17(22)23)4-5-14(12)19-16(13)18/h4-5,8-9H,6-7,10H2,1-3H3,(H2,18,19)(H,22,23). The monoisotopic (exact) mass is 358 g/mol. The number of benzene rings is 1. The van der Waals surface area contributed by atoms with Crippen molar-refractivity contribution in [3.8, 4) is 0 Å². The van der Waals surface area contributed by atoms with E-state index < -0.39 is 14.0 Å². The first-order valence-electron chi connectivity index (χ1n) is 8.12. The molecule has 0 unspecified atom stereocenters. The number of carboxylic acid groups (broad SMARTS) is 1. The maximum atomic E-state index is 11.2. The Morgan fingerprint density at radius 2 is 2.08 bits per heavy atom. The third-order valence-electron chi connectivity index (χ3n) is 4.00. The van der Waals surface area contributed by atoms with Crippen LogP contribution < -0.4 is 5.73 Å². The molecule has 0 aliphatic heterocycles. The van der Waals surface area contributed by atoms with Crippen molar-refractivity contribution in [2.45, 2.75) is 32.4 Å². The van der Waals surface area contributed by atoms with Crippen LogP contribution in [0.2, 0.25) is 25.7 Å². The van der Waals surface area contributed by atoms with Crippen LogP contribution in [0.4, 0.5) is 5.82 Å². The molecule has 2 aromatic heterocycles. The van der Waals surface area contributed by atoms with E-state index in [1.165, 1.54) is 6.07 Å². The predicted molar refractivity (Wildman–Crippen MR) is 101 cm³/mol. The second-order valence-electron chi connectivity index (χ2n) is 7.31. The minimum atomic E-state index is -1.13. The van der Waals surface area contributed by atoms with Crippen LogP contribution in [0.25, 0.3) is 21.8 Å². The van der Waals surface area contributed by atoms with Crippen LogP contribution >= 0.6 is 0 Å². The van der Waals surface area contributed by atoms with E-state index in [9.17, 15) is 9.90 Å². The van der Waals surface area contributed by atoms with Gasteiger partial charge in [-0.05, 0) is 24.2 Å². The zero-order valence-electron chi connectivity index (χ0n) is 14.6. The highest BCUT2D eigenvalue weighted by Gasteiger charge is 2.14. The van der Waals surface area contributed by atoms with E-state index in [1.807, 2.05) is 0 Å². The molecule has 0 saturated heterocycles. The topological polar surface area (TPSA) is 103 Å². The molecule has 2 heterocycles. The largest absolute Gasteiger partial charge is 0.478 e. The molecule has 0 aliphatic carbocycles. The fraction of sp³-hybridized carbons (Fsp3) is 0.353. The second-order valence-corrected chi connectivity index (χ2v) is 12.9. The molecule has 0 spiro atoms. The lowest BCUT2D eigenvalue weighted by Crippen LogP contribution is -2.22. The van der Waals surface area contributed by atoms with Crippen LogP contribution in [-0.4, -0.2) is 40.5 Å². The summed E-state index contributed by atoms with van der Waals surface area (Å²) in [6, 6.07) is 5.83. The third-order valence-corrected chi connectivity index (χ3v) is 5.70. The second kappa shape index (κ2) is 6.45. The summed E-state index contributed by atoms with van der Waals surface area (Å²) in [7, 11) is -1.13. The van der Waals surface area contributed by atoms with Gasteiger partial charge in [0.2, 0.25) is 0 Å². The Balaban J connectivity index is 1.92. The smallest absolute Gasteiger partial charge is 0.335 e. The summed E-state index contributed by atoms with van der Waals surface area (Å²) in [6.07, 6.45) is 1.79. The van der Waals surface area contributed by atoms with Gasteiger partial charge in [-0.3, -0.25) is 0 Å². The van der Waals surface area contributed by atoms with Gasteiger partial charge < -0.3 is 15.6 Å². The van der Waals surface area contributed by atoms with Crippen LogP contribution in [0.15, 0.2) is 24.4 Å². The van der Waals surface area contributed by atoms with Gasteiger partial charge in [0, 0.05) is 26.3 Å². The van der Waals surface area contributed by atoms with Crippen LogP contribution in [-0.2, 0) is 11.5 Å². The van der Waals surface area contributed by atoms with Gasteiger partial charge in [-0.2, -0.15) is 5.10 Å². The van der Waals surface area contributed by atoms with E-state index in [4.69, 9.17) is 10.5 Å². The first-order chi connectivity index (χ1) is 11.7. The van der Waals surface area contributed by atoms with E-state index >= 15 is 0 Å². The zero-order valence-corrected chi connectivity index (χ0v) is 15.6. The SMILES string of the molecule is C[Si](C)(C)CCOCn1cc2c(N)nc3ccc(C(=O)O)cc3c2n1. The molecule has 3 N–H and O–H groups in total. The number of ether oxygens (including phenoxy) is 1. The Labute approximate surface area is 146 Å². The van der Waals surface area contributed by atoms with E-state index in [0.717, 1.165) is 6.04 Å². The minimum Gasteiger partial charge on any atom is -0.478 e. The number of anilines is 1. The number of hydrogen-bond acceptors (Lipinski definition) is 5. The summed E-state index contributed by atoms with van der Waals surface area (Å²) in [6.45, 7) is 7.94. The lowest BCUT2D eigenvalue weighted by atomic mass is 10.1. The Bertz CT molecular complexity index is 946. The van der Waals surface area contributed by atoms with Crippen molar-refractivity contribution in [3.05, 3.63) is 30.0 Å². The van der Waals surface area contributed by atoms with Gasteiger partial charge in [0.05, 0.1) is 16.5 Å². The van der Waals surface area contributed by atoms with Crippen molar-refractivity contribution >= 4 is 41.7 Å². The summed E-state index contributed by atoms with van der Waals surface area (Å²) in [5.41, 5.74) is 7.49. The number of nitrogens with two attached hydrogens (primary N) is 1. The molecule has 0 saturated carbocycles. The van der Waals surface area contributed by atoms with Crippen LogP contribution in [0, 0.1) is 0 Å². The molecule has 0 amide bonds. The molecular formula is C17H22N4O3Si.